The van der Waals surface area contributed by atoms with Gasteiger partial charge in [0.05, 0.1) is 23.0 Å². The van der Waals surface area contributed by atoms with Crippen LogP contribution >= 0.6 is 27.5 Å². The molecule has 1 aliphatic carbocycles. The van der Waals surface area contributed by atoms with E-state index in [1.165, 1.54) is 19.1 Å². The van der Waals surface area contributed by atoms with E-state index >= 15 is 4.39 Å². The predicted octanol–water partition coefficient (Wildman–Crippen LogP) is 6.06. The molecule has 4 aromatic rings. The summed E-state index contributed by atoms with van der Waals surface area (Å²) in [6, 6.07) is 7.22. The minimum atomic E-state index is -3.18. The van der Waals surface area contributed by atoms with Crippen molar-refractivity contribution in [3.8, 4) is 22.8 Å². The number of ether oxygens (including phenoxy) is 2. The average molecular weight is 738 g/mol. The van der Waals surface area contributed by atoms with Crippen LogP contribution in [-0.4, -0.2) is 46.7 Å². The molecule has 1 fully saturated rings. The fourth-order valence-electron chi connectivity index (χ4n) is 5.66. The standard InChI is InChI=1S/C32H26BrClF4N4O5/c1-13-19(33)6-14-5-15(7-23(25(14)41-13)47-30(37)38)28(43)40-11-32(45,16-3-4-16)24-9-18-27(46-12-31(18,2)29(39)44)26(42-24)17-8-20(34)22(36)10-21(17)35/h5-10,16,30,45H,3-4,11-12H2,1-2H3,(H2,39,44)(H,40,43)/t31-,32+/m0/s1. The molecule has 0 spiro atoms. The molecule has 1 saturated carbocycles. The van der Waals surface area contributed by atoms with Crippen LogP contribution in [0.3, 0.4) is 0 Å². The number of rotatable bonds is 9. The van der Waals surface area contributed by atoms with Crippen molar-refractivity contribution in [1.29, 1.82) is 0 Å². The molecule has 9 nitrogen and oxygen atoms in total. The molecule has 2 amide bonds. The van der Waals surface area contributed by atoms with E-state index in [2.05, 4.69) is 36.0 Å². The van der Waals surface area contributed by atoms with Gasteiger partial charge in [0.1, 0.15) is 46.2 Å². The van der Waals surface area contributed by atoms with Gasteiger partial charge in [-0.15, -0.1) is 0 Å². The van der Waals surface area contributed by atoms with Gasteiger partial charge in [-0.1, -0.05) is 11.6 Å². The Balaban J connectivity index is 1.42. The van der Waals surface area contributed by atoms with Gasteiger partial charge < -0.3 is 25.6 Å². The molecule has 4 N–H and O–H groups in total. The molecule has 0 unspecified atom stereocenters. The summed E-state index contributed by atoms with van der Waals surface area (Å²) in [6.45, 7) is -0.612. The number of benzene rings is 2. The van der Waals surface area contributed by atoms with E-state index in [1.54, 1.807) is 13.0 Å². The zero-order valence-electron chi connectivity index (χ0n) is 24.8. The first-order chi connectivity index (χ1) is 22.1. The van der Waals surface area contributed by atoms with Crippen LogP contribution in [0, 0.1) is 24.5 Å². The summed E-state index contributed by atoms with van der Waals surface area (Å²) in [7, 11) is 0. The molecule has 0 bridgehead atoms. The minimum Gasteiger partial charge on any atom is -0.489 e. The Morgan fingerprint density at radius 1 is 1.19 bits per heavy atom. The number of fused-ring (bicyclic) bond motifs is 2. The lowest BCUT2D eigenvalue weighted by Crippen LogP contribution is -2.44. The molecule has 0 saturated heterocycles. The molecule has 6 rings (SSSR count). The number of nitrogens with zero attached hydrogens (tertiary/aromatic N) is 2. The van der Waals surface area contributed by atoms with Gasteiger partial charge in [0, 0.05) is 32.6 Å². The third-order valence-corrected chi connectivity index (χ3v) is 9.68. The summed E-state index contributed by atoms with van der Waals surface area (Å²) in [4.78, 5) is 34.9. The Labute approximate surface area is 278 Å². The first-order valence-corrected chi connectivity index (χ1v) is 15.5. The number of hydrogen-bond acceptors (Lipinski definition) is 7. The average Bonchev–Trinajstić information content (AvgIpc) is 3.81. The van der Waals surface area contributed by atoms with Crippen molar-refractivity contribution in [2.75, 3.05) is 13.2 Å². The Hall–Kier alpha value is -4.01. The highest BCUT2D eigenvalue weighted by molar-refractivity contribution is 9.10. The highest BCUT2D eigenvalue weighted by atomic mass is 79.9. The summed E-state index contributed by atoms with van der Waals surface area (Å²) >= 11 is 9.33. The van der Waals surface area contributed by atoms with Crippen molar-refractivity contribution >= 4 is 50.2 Å². The predicted molar refractivity (Wildman–Crippen MR) is 166 cm³/mol. The number of nitrogens with one attached hydrogen (secondary N) is 1. The van der Waals surface area contributed by atoms with Crippen LogP contribution in [0.5, 0.6) is 11.5 Å². The number of nitrogens with two attached hydrogens (primary N) is 1. The molecule has 3 heterocycles. The molecular formula is C32H26BrClF4N4O5. The van der Waals surface area contributed by atoms with Gasteiger partial charge in [-0.05, 0) is 78.9 Å². The van der Waals surface area contributed by atoms with Gasteiger partial charge in [-0.25, -0.2) is 18.7 Å². The third kappa shape index (κ3) is 5.87. The number of carbonyl (C=O) groups excluding carboxylic acids is 2. The summed E-state index contributed by atoms with van der Waals surface area (Å²) in [6.07, 6.45) is 1.09. The topological polar surface area (TPSA) is 137 Å². The van der Waals surface area contributed by atoms with Gasteiger partial charge in [0.15, 0.2) is 5.75 Å². The van der Waals surface area contributed by atoms with Crippen molar-refractivity contribution in [2.45, 2.75) is 44.3 Å². The van der Waals surface area contributed by atoms with Crippen LogP contribution in [0.15, 0.2) is 40.9 Å². The maximum atomic E-state index is 15.2. The van der Waals surface area contributed by atoms with Crippen LogP contribution < -0.4 is 20.5 Å². The zero-order valence-corrected chi connectivity index (χ0v) is 27.1. The number of pyridine rings is 2. The van der Waals surface area contributed by atoms with Crippen molar-refractivity contribution < 1.29 is 41.7 Å². The lowest BCUT2D eigenvalue weighted by Gasteiger charge is -2.30. The molecular weight excluding hydrogens is 712 g/mol. The van der Waals surface area contributed by atoms with Crippen molar-refractivity contribution in [3.63, 3.8) is 0 Å². The van der Waals surface area contributed by atoms with E-state index in [0.29, 0.717) is 34.5 Å². The normalized spacial score (nSPS) is 18.5. The van der Waals surface area contributed by atoms with E-state index in [0.717, 1.165) is 12.1 Å². The molecule has 2 aliphatic rings. The smallest absolute Gasteiger partial charge is 0.387 e. The number of primary amides is 1. The lowest BCUT2D eigenvalue weighted by atomic mass is 9.81. The van der Waals surface area contributed by atoms with E-state index in [1.807, 2.05) is 0 Å². The van der Waals surface area contributed by atoms with Gasteiger partial charge in [-0.3, -0.25) is 9.59 Å². The highest BCUT2D eigenvalue weighted by Gasteiger charge is 2.50. The second-order valence-electron chi connectivity index (χ2n) is 11.8. The molecule has 2 aromatic carbocycles. The molecule has 246 valence electrons. The summed E-state index contributed by atoms with van der Waals surface area (Å²) in [5, 5.41) is 14.8. The highest BCUT2D eigenvalue weighted by Crippen LogP contribution is 2.50. The van der Waals surface area contributed by atoms with Gasteiger partial charge in [-0.2, -0.15) is 8.78 Å². The van der Waals surface area contributed by atoms with E-state index in [-0.39, 0.29) is 51.7 Å². The Kier molecular flexibility index (Phi) is 8.33. The first kappa shape index (κ1) is 32.9. The fourth-order valence-corrected chi connectivity index (χ4v) is 6.15. The van der Waals surface area contributed by atoms with Crippen LogP contribution in [0.2, 0.25) is 5.02 Å². The fraction of sp³-hybridized carbons (Fsp3) is 0.312. The number of amides is 2. The number of aliphatic hydroxyl groups is 1. The second-order valence-corrected chi connectivity index (χ2v) is 13.1. The number of aromatic nitrogens is 2. The second kappa shape index (κ2) is 11.9. The Morgan fingerprint density at radius 2 is 1.91 bits per heavy atom. The van der Waals surface area contributed by atoms with Crippen LogP contribution in [-0.2, 0) is 15.8 Å². The number of aryl methyl sites for hydroxylation is 1. The van der Waals surface area contributed by atoms with Gasteiger partial charge >= 0.3 is 6.61 Å². The molecule has 2 aromatic heterocycles. The first-order valence-electron chi connectivity index (χ1n) is 14.3. The van der Waals surface area contributed by atoms with Gasteiger partial charge in [0.2, 0.25) is 5.91 Å². The quantitative estimate of drug-likeness (QED) is 0.140. The minimum absolute atomic E-state index is 0.0107. The summed E-state index contributed by atoms with van der Waals surface area (Å²) in [5.41, 5.74) is 2.85. The number of carbonyl (C=O) groups is 2. The van der Waals surface area contributed by atoms with E-state index < -0.39 is 58.6 Å². The van der Waals surface area contributed by atoms with E-state index in [4.69, 9.17) is 22.1 Å². The number of alkyl halides is 2. The SMILES string of the molecule is Cc1nc2c(OC(F)F)cc(C(=O)NC[C@](O)(c3cc4c(c(-c5cc(Cl)c(F)cc5F)n3)OC[C@]4(C)C(N)=O)C3CC3)cc2cc1Br. The number of halogens is 6. The Morgan fingerprint density at radius 3 is 2.57 bits per heavy atom. The molecule has 2 atom stereocenters. The van der Waals surface area contributed by atoms with E-state index in [9.17, 15) is 27.9 Å². The molecule has 15 heteroatoms. The Bertz CT molecular complexity index is 1980. The van der Waals surface area contributed by atoms with Crippen LogP contribution in [0.4, 0.5) is 17.6 Å². The lowest BCUT2D eigenvalue weighted by molar-refractivity contribution is -0.123. The summed E-state index contributed by atoms with van der Waals surface area (Å²) in [5.74, 6) is -4.23. The van der Waals surface area contributed by atoms with Crippen LogP contribution in [0.25, 0.3) is 22.2 Å². The van der Waals surface area contributed by atoms with Crippen molar-refractivity contribution in [1.82, 2.24) is 15.3 Å². The van der Waals surface area contributed by atoms with Crippen LogP contribution in [0.1, 0.15) is 47.1 Å². The van der Waals surface area contributed by atoms with Gasteiger partial charge in [0.25, 0.3) is 5.91 Å². The maximum Gasteiger partial charge on any atom is 0.387 e. The largest absolute Gasteiger partial charge is 0.489 e. The summed E-state index contributed by atoms with van der Waals surface area (Å²) < 4.78 is 66.9. The van der Waals surface area contributed by atoms with Crippen molar-refractivity contribution in [2.24, 2.45) is 11.7 Å². The zero-order chi connectivity index (χ0) is 34.0. The monoisotopic (exact) mass is 736 g/mol. The maximum absolute atomic E-state index is 15.2. The molecule has 47 heavy (non-hydrogen) atoms. The molecule has 1 aliphatic heterocycles. The molecule has 0 radical (unpaired) electrons. The van der Waals surface area contributed by atoms with Crippen molar-refractivity contribution in [3.05, 3.63) is 80.0 Å². The number of hydrogen-bond donors (Lipinski definition) is 3. The third-order valence-electron chi connectivity index (χ3n) is 8.59.